The van der Waals surface area contributed by atoms with Gasteiger partial charge in [-0.1, -0.05) is 0 Å². The molecule has 0 atom stereocenters. The zero-order valence-corrected chi connectivity index (χ0v) is 7.73. The number of hydrogen-bond donors (Lipinski definition) is 1. The van der Waals surface area contributed by atoms with Crippen molar-refractivity contribution in [1.82, 2.24) is 5.32 Å². The van der Waals surface area contributed by atoms with Crippen molar-refractivity contribution in [3.05, 3.63) is 0 Å². The molecule has 0 unspecified atom stereocenters. The number of hydrogen-bond acceptors (Lipinski definition) is 3. The summed E-state index contributed by atoms with van der Waals surface area (Å²) in [5.41, 5.74) is -0.219. The van der Waals surface area contributed by atoms with Gasteiger partial charge in [0, 0.05) is 0 Å². The molecule has 11 heavy (non-hydrogen) atoms. The third kappa shape index (κ3) is 7.49. The summed E-state index contributed by atoms with van der Waals surface area (Å²) in [6, 6.07) is 0. The summed E-state index contributed by atoms with van der Waals surface area (Å²) in [7, 11) is 1.75. The maximum Gasteiger partial charge on any atom is 0.172 e. The molecule has 0 radical (unpaired) electrons. The molecule has 0 aromatic rings. The Morgan fingerprint density at radius 3 is 2.36 bits per heavy atom. The van der Waals surface area contributed by atoms with E-state index in [0.29, 0.717) is 6.54 Å². The van der Waals surface area contributed by atoms with Gasteiger partial charge in [0.15, 0.2) is 5.78 Å². The summed E-state index contributed by atoms with van der Waals surface area (Å²) in [6.07, 6.45) is 0. The molecule has 0 aliphatic carbocycles. The summed E-state index contributed by atoms with van der Waals surface area (Å²) in [6.45, 7) is 6.37. The molecule has 0 saturated carbocycles. The van der Waals surface area contributed by atoms with Crippen molar-refractivity contribution in [3.8, 4) is 0 Å². The van der Waals surface area contributed by atoms with Crippen LogP contribution in [0.25, 0.3) is 0 Å². The lowest BCUT2D eigenvalue weighted by molar-refractivity contribution is -0.127. The van der Waals surface area contributed by atoms with Crippen LogP contribution < -0.4 is 5.32 Å². The fourth-order valence-corrected chi connectivity index (χ4v) is 0.545. The number of nitrogens with one attached hydrogen (secondary N) is 1. The van der Waals surface area contributed by atoms with Gasteiger partial charge in [-0.25, -0.2) is 0 Å². The molecule has 3 nitrogen and oxygen atoms in total. The fraction of sp³-hybridized carbons (Fsp3) is 0.875. The standard InChI is InChI=1S/C8H17NO2/c1-8(2,3)11-6-7(10)5-9-4/h9H,5-6H2,1-4H3. The van der Waals surface area contributed by atoms with Crippen molar-refractivity contribution in [2.75, 3.05) is 20.2 Å². The van der Waals surface area contributed by atoms with Crippen LogP contribution in [0.1, 0.15) is 20.8 Å². The van der Waals surface area contributed by atoms with Crippen molar-refractivity contribution in [2.45, 2.75) is 26.4 Å². The highest BCUT2D eigenvalue weighted by Crippen LogP contribution is 2.05. The average molecular weight is 159 g/mol. The summed E-state index contributed by atoms with van der Waals surface area (Å²) in [4.78, 5) is 10.9. The number of Topliss-reactive ketones (excluding diaryl/α,β-unsaturated/α-hetero) is 1. The van der Waals surface area contributed by atoms with Crippen molar-refractivity contribution < 1.29 is 9.53 Å². The Hall–Kier alpha value is -0.410. The summed E-state index contributed by atoms with van der Waals surface area (Å²) >= 11 is 0. The van der Waals surface area contributed by atoms with Crippen molar-refractivity contribution in [2.24, 2.45) is 0 Å². The molecule has 0 aromatic carbocycles. The van der Waals surface area contributed by atoms with Crippen molar-refractivity contribution in [1.29, 1.82) is 0 Å². The Labute approximate surface area is 68.1 Å². The molecule has 0 bridgehead atoms. The molecule has 0 aromatic heterocycles. The zero-order chi connectivity index (χ0) is 8.91. The first kappa shape index (κ1) is 10.6. The highest BCUT2D eigenvalue weighted by molar-refractivity contribution is 5.81. The zero-order valence-electron chi connectivity index (χ0n) is 7.73. The van der Waals surface area contributed by atoms with E-state index < -0.39 is 0 Å². The van der Waals surface area contributed by atoms with Crippen LogP contribution in [0, 0.1) is 0 Å². The minimum Gasteiger partial charge on any atom is -0.368 e. The van der Waals surface area contributed by atoms with E-state index in [1.165, 1.54) is 0 Å². The van der Waals surface area contributed by atoms with Gasteiger partial charge in [0.1, 0.15) is 6.61 Å². The molecule has 0 aliphatic heterocycles. The molecule has 0 spiro atoms. The Morgan fingerprint density at radius 1 is 1.45 bits per heavy atom. The van der Waals surface area contributed by atoms with Gasteiger partial charge in [-0.2, -0.15) is 0 Å². The van der Waals surface area contributed by atoms with Crippen LogP contribution in [-0.2, 0) is 9.53 Å². The summed E-state index contributed by atoms with van der Waals surface area (Å²) < 4.78 is 5.25. The van der Waals surface area contributed by atoms with E-state index in [4.69, 9.17) is 4.74 Å². The highest BCUT2D eigenvalue weighted by atomic mass is 16.5. The molecule has 3 heteroatoms. The molecule has 0 fully saturated rings. The number of ether oxygens (including phenoxy) is 1. The molecule has 1 N–H and O–H groups in total. The minimum atomic E-state index is -0.219. The molecule has 0 rings (SSSR count). The van der Waals surface area contributed by atoms with E-state index in [0.717, 1.165) is 0 Å². The van der Waals surface area contributed by atoms with Crippen LogP contribution in [0.4, 0.5) is 0 Å². The largest absolute Gasteiger partial charge is 0.368 e. The summed E-state index contributed by atoms with van der Waals surface area (Å²) in [5, 5.41) is 2.77. The van der Waals surface area contributed by atoms with Gasteiger partial charge in [0.25, 0.3) is 0 Å². The van der Waals surface area contributed by atoms with Crippen molar-refractivity contribution in [3.63, 3.8) is 0 Å². The summed E-state index contributed by atoms with van der Waals surface area (Å²) in [5.74, 6) is 0.0856. The quantitative estimate of drug-likeness (QED) is 0.652. The van der Waals surface area contributed by atoms with E-state index in [1.807, 2.05) is 20.8 Å². The number of ketones is 1. The third-order valence-electron chi connectivity index (χ3n) is 1.04. The van der Waals surface area contributed by atoms with Crippen LogP contribution in [0.5, 0.6) is 0 Å². The average Bonchev–Trinajstić information content (AvgIpc) is 1.83. The predicted octanol–water partition coefficient (Wildman–Crippen LogP) is 0.590. The Balaban J connectivity index is 3.46. The van der Waals surface area contributed by atoms with Gasteiger partial charge in [-0.3, -0.25) is 4.79 Å². The second-order valence-corrected chi connectivity index (χ2v) is 3.47. The number of rotatable bonds is 4. The first-order chi connectivity index (χ1) is 4.95. The van der Waals surface area contributed by atoms with Gasteiger partial charge < -0.3 is 10.1 Å². The molecule has 0 heterocycles. The lowest BCUT2D eigenvalue weighted by Crippen LogP contribution is -2.28. The maximum atomic E-state index is 10.9. The lowest BCUT2D eigenvalue weighted by atomic mass is 10.2. The minimum absolute atomic E-state index is 0.0856. The van der Waals surface area contributed by atoms with Crippen LogP contribution >= 0.6 is 0 Å². The second-order valence-electron chi connectivity index (χ2n) is 3.47. The maximum absolute atomic E-state index is 10.9. The smallest absolute Gasteiger partial charge is 0.172 e. The molecular formula is C8H17NO2. The fourth-order valence-electron chi connectivity index (χ4n) is 0.545. The topological polar surface area (TPSA) is 38.3 Å². The second kappa shape index (κ2) is 4.46. The highest BCUT2D eigenvalue weighted by Gasteiger charge is 2.11. The molecular weight excluding hydrogens is 142 g/mol. The normalized spacial score (nSPS) is 11.6. The SMILES string of the molecule is CNCC(=O)COC(C)(C)C. The predicted molar refractivity (Wildman–Crippen MR) is 44.6 cm³/mol. The van der Waals surface area contributed by atoms with Crippen LogP contribution in [-0.4, -0.2) is 31.6 Å². The Kier molecular flexibility index (Phi) is 4.30. The van der Waals surface area contributed by atoms with Gasteiger partial charge in [-0.15, -0.1) is 0 Å². The number of carbonyl (C=O) groups is 1. The van der Waals surface area contributed by atoms with Gasteiger partial charge in [-0.05, 0) is 27.8 Å². The van der Waals surface area contributed by atoms with E-state index >= 15 is 0 Å². The molecule has 0 saturated heterocycles. The third-order valence-corrected chi connectivity index (χ3v) is 1.04. The van der Waals surface area contributed by atoms with Crippen molar-refractivity contribution >= 4 is 5.78 Å². The molecule has 0 aliphatic rings. The van der Waals surface area contributed by atoms with Crippen LogP contribution in [0.15, 0.2) is 0 Å². The Morgan fingerprint density at radius 2 is 2.00 bits per heavy atom. The lowest BCUT2D eigenvalue weighted by Gasteiger charge is -2.18. The monoisotopic (exact) mass is 159 g/mol. The van der Waals surface area contributed by atoms with E-state index in [-0.39, 0.29) is 18.0 Å². The van der Waals surface area contributed by atoms with Crippen LogP contribution in [0.2, 0.25) is 0 Å². The number of likely N-dealkylation sites (N-methyl/N-ethyl adjacent to an activating group) is 1. The van der Waals surface area contributed by atoms with E-state index in [2.05, 4.69) is 5.32 Å². The number of carbonyl (C=O) groups excluding carboxylic acids is 1. The Bertz CT molecular complexity index is 127. The first-order valence-corrected chi connectivity index (χ1v) is 3.76. The van der Waals surface area contributed by atoms with Gasteiger partial charge in [0.2, 0.25) is 0 Å². The van der Waals surface area contributed by atoms with Gasteiger partial charge >= 0.3 is 0 Å². The molecule has 66 valence electrons. The van der Waals surface area contributed by atoms with E-state index in [1.54, 1.807) is 7.05 Å². The molecule has 0 amide bonds. The first-order valence-electron chi connectivity index (χ1n) is 3.76. The van der Waals surface area contributed by atoms with Crippen LogP contribution in [0.3, 0.4) is 0 Å². The van der Waals surface area contributed by atoms with Gasteiger partial charge in [0.05, 0.1) is 12.1 Å². The van der Waals surface area contributed by atoms with E-state index in [9.17, 15) is 4.79 Å².